The van der Waals surface area contributed by atoms with Crippen LogP contribution >= 0.6 is 0 Å². The summed E-state index contributed by atoms with van der Waals surface area (Å²) < 4.78 is 44.9. The average Bonchev–Trinajstić information content (AvgIpc) is 2.79. The van der Waals surface area contributed by atoms with Crippen LogP contribution in [0.1, 0.15) is 19.8 Å². The molecule has 1 fully saturated rings. The van der Waals surface area contributed by atoms with Gasteiger partial charge in [-0.3, -0.25) is 9.59 Å². The minimum Gasteiger partial charge on any atom is -0.497 e. The highest BCUT2D eigenvalue weighted by Crippen LogP contribution is 2.24. The van der Waals surface area contributed by atoms with E-state index in [-0.39, 0.29) is 29.8 Å². The van der Waals surface area contributed by atoms with E-state index in [2.05, 4.69) is 10.6 Å². The molecule has 1 aliphatic heterocycles. The number of ether oxygens (including phenoxy) is 1. The largest absolute Gasteiger partial charge is 0.497 e. The van der Waals surface area contributed by atoms with E-state index in [4.69, 9.17) is 4.74 Å². The molecule has 3 rings (SSSR count). The SMILES string of the molecule is COc1ccc(NC(=O)C(C)NC(=O)C2CCN(S(=O)(=O)c3ccc(F)cc3)CC2)cc1. The van der Waals surface area contributed by atoms with Crippen LogP contribution in [0, 0.1) is 11.7 Å². The molecule has 2 aromatic rings. The van der Waals surface area contributed by atoms with Crippen LogP contribution in [0.4, 0.5) is 10.1 Å². The Morgan fingerprint density at radius 3 is 2.22 bits per heavy atom. The zero-order valence-electron chi connectivity index (χ0n) is 17.9. The molecule has 2 aromatic carbocycles. The summed E-state index contributed by atoms with van der Waals surface area (Å²) in [4.78, 5) is 25.0. The number of rotatable bonds is 7. The summed E-state index contributed by atoms with van der Waals surface area (Å²) in [6.45, 7) is 1.93. The first-order valence-electron chi connectivity index (χ1n) is 10.2. The Morgan fingerprint density at radius 2 is 1.66 bits per heavy atom. The second-order valence-electron chi connectivity index (χ2n) is 7.58. The maximum Gasteiger partial charge on any atom is 0.246 e. The van der Waals surface area contributed by atoms with E-state index >= 15 is 0 Å². The van der Waals surface area contributed by atoms with E-state index in [0.717, 1.165) is 12.1 Å². The molecule has 0 aliphatic carbocycles. The average molecular weight is 464 g/mol. The van der Waals surface area contributed by atoms with Crippen molar-refractivity contribution in [2.24, 2.45) is 5.92 Å². The van der Waals surface area contributed by atoms with Gasteiger partial charge in [-0.1, -0.05) is 0 Å². The quantitative estimate of drug-likeness (QED) is 0.656. The monoisotopic (exact) mass is 463 g/mol. The number of nitrogens with zero attached hydrogens (tertiary/aromatic N) is 1. The van der Waals surface area contributed by atoms with Gasteiger partial charge in [0, 0.05) is 24.7 Å². The number of halogens is 1. The third-order valence-corrected chi connectivity index (χ3v) is 7.30. The number of benzene rings is 2. The van der Waals surface area contributed by atoms with Crippen LogP contribution in [0.3, 0.4) is 0 Å². The Kier molecular flexibility index (Phi) is 7.47. The van der Waals surface area contributed by atoms with Crippen molar-refractivity contribution in [3.8, 4) is 5.75 Å². The number of hydrogen-bond donors (Lipinski definition) is 2. The van der Waals surface area contributed by atoms with Crippen LogP contribution in [0.15, 0.2) is 53.4 Å². The van der Waals surface area contributed by atoms with Gasteiger partial charge in [0.1, 0.15) is 17.6 Å². The molecular formula is C22H26FN3O5S. The number of hydrogen-bond acceptors (Lipinski definition) is 5. The van der Waals surface area contributed by atoms with Gasteiger partial charge in [0.05, 0.1) is 12.0 Å². The Bertz CT molecular complexity index is 1050. The summed E-state index contributed by atoms with van der Waals surface area (Å²) in [5, 5.41) is 5.43. The molecule has 1 unspecified atom stereocenters. The van der Waals surface area contributed by atoms with E-state index in [1.165, 1.54) is 16.4 Å². The third-order valence-electron chi connectivity index (χ3n) is 5.39. The van der Waals surface area contributed by atoms with E-state index < -0.39 is 27.8 Å². The van der Waals surface area contributed by atoms with Crippen LogP contribution in [0.5, 0.6) is 5.75 Å². The van der Waals surface area contributed by atoms with E-state index in [1.807, 2.05) is 0 Å². The summed E-state index contributed by atoms with van der Waals surface area (Å²) in [7, 11) is -2.19. The molecule has 0 saturated carbocycles. The summed E-state index contributed by atoms with van der Waals surface area (Å²) in [6, 6.07) is 10.7. The molecule has 1 atom stereocenters. The molecule has 10 heteroatoms. The van der Waals surface area contributed by atoms with Crippen molar-refractivity contribution in [2.45, 2.75) is 30.7 Å². The van der Waals surface area contributed by atoms with E-state index in [9.17, 15) is 22.4 Å². The Hall–Kier alpha value is -2.98. The lowest BCUT2D eigenvalue weighted by molar-refractivity contribution is -0.129. The van der Waals surface area contributed by atoms with Crippen molar-refractivity contribution in [1.29, 1.82) is 0 Å². The van der Waals surface area contributed by atoms with Crippen molar-refractivity contribution < 1.29 is 27.1 Å². The molecule has 0 spiro atoms. The molecule has 8 nitrogen and oxygen atoms in total. The molecule has 2 amide bonds. The minimum absolute atomic E-state index is 0.0191. The zero-order chi connectivity index (χ0) is 23.3. The fourth-order valence-electron chi connectivity index (χ4n) is 3.44. The second-order valence-corrected chi connectivity index (χ2v) is 9.52. The van der Waals surface area contributed by atoms with Gasteiger partial charge < -0.3 is 15.4 Å². The number of methoxy groups -OCH3 is 1. The molecule has 32 heavy (non-hydrogen) atoms. The van der Waals surface area contributed by atoms with E-state index in [1.54, 1.807) is 38.3 Å². The lowest BCUT2D eigenvalue weighted by Crippen LogP contribution is -2.47. The van der Waals surface area contributed by atoms with E-state index in [0.29, 0.717) is 24.3 Å². The molecule has 0 aromatic heterocycles. The van der Waals surface area contributed by atoms with Crippen LogP contribution in [0.25, 0.3) is 0 Å². The lowest BCUT2D eigenvalue weighted by atomic mass is 9.97. The molecule has 172 valence electrons. The molecule has 1 aliphatic rings. The Morgan fingerprint density at radius 1 is 1.06 bits per heavy atom. The van der Waals surface area contributed by atoms with Gasteiger partial charge >= 0.3 is 0 Å². The van der Waals surface area contributed by atoms with Gasteiger partial charge in [-0.05, 0) is 68.3 Å². The molecule has 0 radical (unpaired) electrons. The molecule has 1 saturated heterocycles. The number of carbonyl (C=O) groups excluding carboxylic acids is 2. The number of carbonyl (C=O) groups is 2. The maximum atomic E-state index is 13.1. The highest BCUT2D eigenvalue weighted by Gasteiger charge is 2.33. The normalized spacial score (nSPS) is 16.2. The first kappa shape index (κ1) is 23.7. The molecule has 0 bridgehead atoms. The summed E-state index contributed by atoms with van der Waals surface area (Å²) >= 11 is 0. The highest BCUT2D eigenvalue weighted by molar-refractivity contribution is 7.89. The second kappa shape index (κ2) is 10.1. The standard InChI is InChI=1S/C22H26FN3O5S/c1-15(21(27)25-18-5-7-19(31-2)8-6-18)24-22(28)16-11-13-26(14-12-16)32(29,30)20-9-3-17(23)4-10-20/h3-10,15-16H,11-14H2,1-2H3,(H,24,28)(H,25,27). The molecule has 2 N–H and O–H groups in total. The van der Waals surface area contributed by atoms with Gasteiger partial charge in [-0.15, -0.1) is 0 Å². The first-order chi connectivity index (χ1) is 15.2. The Labute approximate surface area is 186 Å². The van der Waals surface area contributed by atoms with Crippen molar-refractivity contribution in [3.05, 3.63) is 54.3 Å². The fourth-order valence-corrected chi connectivity index (χ4v) is 4.91. The lowest BCUT2D eigenvalue weighted by Gasteiger charge is -2.31. The van der Waals surface area contributed by atoms with Crippen molar-refractivity contribution in [1.82, 2.24) is 9.62 Å². The number of nitrogens with one attached hydrogen (secondary N) is 2. The van der Waals surface area contributed by atoms with Crippen LogP contribution in [-0.2, 0) is 19.6 Å². The number of piperidine rings is 1. The number of amides is 2. The van der Waals surface area contributed by atoms with Crippen molar-refractivity contribution in [3.63, 3.8) is 0 Å². The predicted molar refractivity (Wildman–Crippen MR) is 117 cm³/mol. The van der Waals surface area contributed by atoms with Gasteiger partial charge in [0.25, 0.3) is 0 Å². The summed E-state index contributed by atoms with van der Waals surface area (Å²) in [5.41, 5.74) is 0.580. The van der Waals surface area contributed by atoms with Gasteiger partial charge in [0.2, 0.25) is 21.8 Å². The smallest absolute Gasteiger partial charge is 0.246 e. The van der Waals surface area contributed by atoms with Crippen molar-refractivity contribution >= 4 is 27.5 Å². The topological polar surface area (TPSA) is 105 Å². The number of sulfonamides is 1. The fraction of sp³-hybridized carbons (Fsp3) is 0.364. The van der Waals surface area contributed by atoms with Crippen molar-refractivity contribution in [2.75, 3.05) is 25.5 Å². The zero-order valence-corrected chi connectivity index (χ0v) is 18.7. The van der Waals surface area contributed by atoms with Crippen LogP contribution < -0.4 is 15.4 Å². The Balaban J connectivity index is 1.51. The van der Waals surface area contributed by atoms with Crippen LogP contribution in [-0.4, -0.2) is 50.8 Å². The molecular weight excluding hydrogens is 437 g/mol. The third kappa shape index (κ3) is 5.63. The summed E-state index contributed by atoms with van der Waals surface area (Å²) in [5.74, 6) is -0.895. The summed E-state index contributed by atoms with van der Waals surface area (Å²) in [6.07, 6.45) is 0.665. The van der Waals surface area contributed by atoms with Gasteiger partial charge in [-0.2, -0.15) is 4.31 Å². The minimum atomic E-state index is -3.74. The first-order valence-corrected chi connectivity index (χ1v) is 11.7. The van der Waals surface area contributed by atoms with Gasteiger partial charge in [-0.25, -0.2) is 12.8 Å². The number of anilines is 1. The highest BCUT2D eigenvalue weighted by atomic mass is 32.2. The molecule has 1 heterocycles. The predicted octanol–water partition coefficient (Wildman–Crippen LogP) is 2.38. The van der Waals surface area contributed by atoms with Gasteiger partial charge in [0.15, 0.2) is 0 Å². The van der Waals surface area contributed by atoms with Crippen LogP contribution in [0.2, 0.25) is 0 Å². The maximum absolute atomic E-state index is 13.1.